The molecule has 6 heteroatoms. The van der Waals surface area contributed by atoms with Crippen LogP contribution >= 0.6 is 23.2 Å². The number of rotatable bonds is 3. The first-order valence-corrected chi connectivity index (χ1v) is 5.68. The highest BCUT2D eigenvalue weighted by atomic mass is 35.5. The summed E-state index contributed by atoms with van der Waals surface area (Å²) >= 11 is 11.6. The molecule has 3 nitrogen and oxygen atoms in total. The molecule has 1 aromatic heterocycles. The van der Waals surface area contributed by atoms with Crippen molar-refractivity contribution in [1.82, 2.24) is 9.55 Å². The van der Waals surface area contributed by atoms with Gasteiger partial charge in [-0.15, -0.1) is 0 Å². The van der Waals surface area contributed by atoms with Crippen LogP contribution in [0.15, 0.2) is 24.5 Å². The topological polar surface area (TPSA) is 29.9 Å². The SMILES string of the molecule is Cn1ccnc1CNc1c(F)cc(Cl)cc1Cl. The van der Waals surface area contributed by atoms with Gasteiger partial charge in [-0.05, 0) is 12.1 Å². The zero-order chi connectivity index (χ0) is 12.4. The minimum Gasteiger partial charge on any atom is -0.374 e. The van der Waals surface area contributed by atoms with Gasteiger partial charge in [0, 0.05) is 24.5 Å². The highest BCUT2D eigenvalue weighted by Gasteiger charge is 2.09. The lowest BCUT2D eigenvalue weighted by molar-refractivity contribution is 0.629. The van der Waals surface area contributed by atoms with Crippen LogP contribution in [0, 0.1) is 5.82 Å². The van der Waals surface area contributed by atoms with E-state index in [1.54, 1.807) is 6.20 Å². The average Bonchev–Trinajstić information content (AvgIpc) is 2.62. The number of hydrogen-bond acceptors (Lipinski definition) is 2. The number of hydrogen-bond donors (Lipinski definition) is 1. The molecule has 2 rings (SSSR count). The third kappa shape index (κ3) is 2.70. The zero-order valence-electron chi connectivity index (χ0n) is 9.04. The number of nitrogens with one attached hydrogen (secondary N) is 1. The Morgan fingerprint density at radius 3 is 2.76 bits per heavy atom. The van der Waals surface area contributed by atoms with Gasteiger partial charge in [0.15, 0.2) is 0 Å². The maximum absolute atomic E-state index is 13.6. The third-order valence-electron chi connectivity index (χ3n) is 2.35. The summed E-state index contributed by atoms with van der Waals surface area (Å²) in [5.41, 5.74) is 0.235. The summed E-state index contributed by atoms with van der Waals surface area (Å²) in [7, 11) is 1.86. The molecule has 1 N–H and O–H groups in total. The first kappa shape index (κ1) is 12.2. The van der Waals surface area contributed by atoms with Gasteiger partial charge in [0.2, 0.25) is 0 Å². The predicted octanol–water partition coefficient (Wildman–Crippen LogP) is 3.48. The van der Waals surface area contributed by atoms with Crippen molar-refractivity contribution in [1.29, 1.82) is 0 Å². The van der Waals surface area contributed by atoms with Crippen LogP contribution in [0.25, 0.3) is 0 Å². The molecule has 0 radical (unpaired) electrons. The van der Waals surface area contributed by atoms with Crippen LogP contribution in [0.3, 0.4) is 0 Å². The van der Waals surface area contributed by atoms with Crippen molar-refractivity contribution in [2.75, 3.05) is 5.32 Å². The molecule has 0 aliphatic carbocycles. The molecule has 0 unspecified atom stereocenters. The number of anilines is 1. The summed E-state index contributed by atoms with van der Waals surface area (Å²) in [6.07, 6.45) is 3.49. The van der Waals surface area contributed by atoms with Crippen LogP contribution < -0.4 is 5.32 Å². The van der Waals surface area contributed by atoms with Crippen LogP contribution in [-0.2, 0) is 13.6 Å². The first-order chi connectivity index (χ1) is 8.08. The molecule has 0 aliphatic rings. The largest absolute Gasteiger partial charge is 0.374 e. The molecule has 0 atom stereocenters. The smallest absolute Gasteiger partial charge is 0.149 e. The quantitative estimate of drug-likeness (QED) is 0.928. The van der Waals surface area contributed by atoms with Crippen LogP contribution in [0.4, 0.5) is 10.1 Å². The van der Waals surface area contributed by atoms with E-state index < -0.39 is 5.82 Å². The average molecular weight is 274 g/mol. The Morgan fingerprint density at radius 2 is 2.18 bits per heavy atom. The molecule has 0 aliphatic heterocycles. The van der Waals surface area contributed by atoms with E-state index >= 15 is 0 Å². The normalized spacial score (nSPS) is 10.6. The van der Waals surface area contributed by atoms with Crippen molar-refractivity contribution in [3.05, 3.63) is 46.2 Å². The van der Waals surface area contributed by atoms with Crippen LogP contribution in [0.5, 0.6) is 0 Å². The number of aryl methyl sites for hydroxylation is 1. The van der Waals surface area contributed by atoms with Gasteiger partial charge < -0.3 is 9.88 Å². The highest BCUT2D eigenvalue weighted by Crippen LogP contribution is 2.29. The molecule has 0 spiro atoms. The summed E-state index contributed by atoms with van der Waals surface area (Å²) in [4.78, 5) is 4.12. The molecule has 90 valence electrons. The minimum absolute atomic E-state index is 0.235. The van der Waals surface area contributed by atoms with Crippen molar-refractivity contribution in [2.24, 2.45) is 7.05 Å². The van der Waals surface area contributed by atoms with Gasteiger partial charge in [-0.1, -0.05) is 23.2 Å². The Hall–Kier alpha value is -1.26. The maximum atomic E-state index is 13.6. The van der Waals surface area contributed by atoms with Gasteiger partial charge in [0.25, 0.3) is 0 Å². The lowest BCUT2D eigenvalue weighted by Gasteiger charge is -2.09. The van der Waals surface area contributed by atoms with E-state index in [-0.39, 0.29) is 15.7 Å². The zero-order valence-corrected chi connectivity index (χ0v) is 10.6. The van der Waals surface area contributed by atoms with Gasteiger partial charge in [-0.25, -0.2) is 9.37 Å². The van der Waals surface area contributed by atoms with Crippen molar-refractivity contribution in [3.8, 4) is 0 Å². The summed E-state index contributed by atoms with van der Waals surface area (Å²) in [6.45, 7) is 0.391. The fourth-order valence-electron chi connectivity index (χ4n) is 1.45. The molecule has 1 heterocycles. The minimum atomic E-state index is -0.475. The summed E-state index contributed by atoms with van der Waals surface area (Å²) < 4.78 is 15.4. The summed E-state index contributed by atoms with van der Waals surface area (Å²) in [5.74, 6) is 0.312. The summed E-state index contributed by atoms with van der Waals surface area (Å²) in [6, 6.07) is 2.71. The van der Waals surface area contributed by atoms with Crippen LogP contribution in [-0.4, -0.2) is 9.55 Å². The van der Waals surface area contributed by atoms with Gasteiger partial charge in [-0.2, -0.15) is 0 Å². The van der Waals surface area contributed by atoms with Gasteiger partial charge in [-0.3, -0.25) is 0 Å². The fraction of sp³-hybridized carbons (Fsp3) is 0.182. The van der Waals surface area contributed by atoms with Gasteiger partial charge in [0.1, 0.15) is 11.6 Å². The van der Waals surface area contributed by atoms with E-state index in [1.807, 2.05) is 17.8 Å². The number of imidazole rings is 1. The van der Waals surface area contributed by atoms with Gasteiger partial charge >= 0.3 is 0 Å². The van der Waals surface area contributed by atoms with E-state index in [2.05, 4.69) is 10.3 Å². The molecule has 0 bridgehead atoms. The molecular formula is C11H10Cl2FN3. The van der Waals surface area contributed by atoms with Crippen molar-refractivity contribution in [3.63, 3.8) is 0 Å². The van der Waals surface area contributed by atoms with E-state index in [0.717, 1.165) is 5.82 Å². The molecule has 17 heavy (non-hydrogen) atoms. The predicted molar refractivity (Wildman–Crippen MR) is 67.0 cm³/mol. The standard InChI is InChI=1S/C11H10Cl2FN3/c1-17-3-2-15-10(17)6-16-11-8(13)4-7(12)5-9(11)14/h2-5,16H,6H2,1H3. The summed E-state index contributed by atoms with van der Waals surface area (Å²) in [5, 5.41) is 3.43. The molecule has 0 fully saturated rings. The Kier molecular flexibility index (Phi) is 3.54. The number of benzene rings is 1. The molecule has 2 aromatic rings. The van der Waals surface area contributed by atoms with Crippen molar-refractivity contribution >= 4 is 28.9 Å². The molecular weight excluding hydrogens is 264 g/mol. The van der Waals surface area contributed by atoms with E-state index in [4.69, 9.17) is 23.2 Å². The first-order valence-electron chi connectivity index (χ1n) is 4.92. The Labute approximate surface area is 108 Å². The van der Waals surface area contributed by atoms with E-state index in [9.17, 15) is 4.39 Å². The number of aromatic nitrogens is 2. The fourth-order valence-corrected chi connectivity index (χ4v) is 1.98. The lowest BCUT2D eigenvalue weighted by Crippen LogP contribution is -2.07. The third-order valence-corrected chi connectivity index (χ3v) is 2.87. The van der Waals surface area contributed by atoms with Crippen LogP contribution in [0.2, 0.25) is 10.0 Å². The molecule has 0 saturated carbocycles. The lowest BCUT2D eigenvalue weighted by atomic mass is 10.3. The second-order valence-electron chi connectivity index (χ2n) is 3.55. The molecule has 0 saturated heterocycles. The number of halogens is 3. The second kappa shape index (κ2) is 4.94. The molecule has 1 aromatic carbocycles. The van der Waals surface area contributed by atoms with Crippen molar-refractivity contribution in [2.45, 2.75) is 6.54 Å². The van der Waals surface area contributed by atoms with Crippen molar-refractivity contribution < 1.29 is 4.39 Å². The van der Waals surface area contributed by atoms with E-state index in [1.165, 1.54) is 12.1 Å². The molecule has 0 amide bonds. The second-order valence-corrected chi connectivity index (χ2v) is 4.40. The maximum Gasteiger partial charge on any atom is 0.149 e. The van der Waals surface area contributed by atoms with Crippen LogP contribution in [0.1, 0.15) is 5.82 Å². The monoisotopic (exact) mass is 273 g/mol. The van der Waals surface area contributed by atoms with Gasteiger partial charge in [0.05, 0.1) is 17.3 Å². The highest BCUT2D eigenvalue weighted by molar-refractivity contribution is 6.36. The Bertz CT molecular complexity index is 516. The Morgan fingerprint density at radius 1 is 1.41 bits per heavy atom. The number of nitrogens with zero attached hydrogens (tertiary/aromatic N) is 2. The Balaban J connectivity index is 2.17. The van der Waals surface area contributed by atoms with E-state index in [0.29, 0.717) is 6.54 Å².